The summed E-state index contributed by atoms with van der Waals surface area (Å²) in [5.41, 5.74) is 1.31. The molecule has 1 aromatic rings. The Morgan fingerprint density at radius 1 is 1.17 bits per heavy atom. The minimum absolute atomic E-state index is 0.257. The smallest absolute Gasteiger partial charge is 0.110 e. The topological polar surface area (TPSA) is 24.7 Å². The van der Waals surface area contributed by atoms with Gasteiger partial charge < -0.3 is 0 Å². The van der Waals surface area contributed by atoms with E-state index in [0.29, 0.717) is 0 Å². The summed E-state index contributed by atoms with van der Waals surface area (Å²) < 4.78 is 0. The van der Waals surface area contributed by atoms with Crippen molar-refractivity contribution < 1.29 is 0 Å². The van der Waals surface area contributed by atoms with Crippen molar-refractivity contribution in [1.82, 2.24) is 0 Å². The number of hydrogen-bond acceptors (Lipinski definition) is 2. The standard InChI is InChI=1S/C10H10N2/c1-2-4-9(5-3-1)6-10-7-11-8-12-10/h1-5,7-8,10H,6H2. The van der Waals surface area contributed by atoms with Gasteiger partial charge in [-0.1, -0.05) is 30.3 Å². The van der Waals surface area contributed by atoms with Crippen molar-refractivity contribution in [2.75, 3.05) is 0 Å². The molecule has 1 aliphatic rings. The largest absolute Gasteiger partial charge is 0.264 e. The molecule has 0 saturated heterocycles. The van der Waals surface area contributed by atoms with Crippen LogP contribution in [0.25, 0.3) is 0 Å². The zero-order chi connectivity index (χ0) is 8.23. The number of benzene rings is 1. The van der Waals surface area contributed by atoms with Crippen molar-refractivity contribution in [3.63, 3.8) is 0 Å². The fraction of sp³-hybridized carbons (Fsp3) is 0.200. The van der Waals surface area contributed by atoms with Gasteiger partial charge in [0.25, 0.3) is 0 Å². The second-order valence-corrected chi connectivity index (χ2v) is 2.82. The summed E-state index contributed by atoms with van der Waals surface area (Å²) in [6, 6.07) is 10.6. The molecule has 0 fully saturated rings. The molecule has 0 radical (unpaired) electrons. The normalized spacial score (nSPS) is 20.2. The average molecular weight is 158 g/mol. The van der Waals surface area contributed by atoms with Gasteiger partial charge in [0.15, 0.2) is 0 Å². The van der Waals surface area contributed by atoms with Crippen molar-refractivity contribution in [1.29, 1.82) is 0 Å². The summed E-state index contributed by atoms with van der Waals surface area (Å²) in [6.45, 7) is 0. The number of nitrogens with zero attached hydrogens (tertiary/aromatic N) is 2. The molecule has 2 nitrogen and oxygen atoms in total. The first kappa shape index (κ1) is 7.22. The number of hydrogen-bond donors (Lipinski definition) is 0. The molecule has 0 amide bonds. The summed E-state index contributed by atoms with van der Waals surface area (Å²) in [7, 11) is 0. The molecule has 1 unspecified atom stereocenters. The maximum absolute atomic E-state index is 4.18. The van der Waals surface area contributed by atoms with E-state index in [-0.39, 0.29) is 6.04 Å². The summed E-state index contributed by atoms with van der Waals surface area (Å²) in [5.74, 6) is 0. The van der Waals surface area contributed by atoms with E-state index < -0.39 is 0 Å². The van der Waals surface area contributed by atoms with E-state index in [0.717, 1.165) is 6.42 Å². The van der Waals surface area contributed by atoms with Crippen molar-refractivity contribution in [3.8, 4) is 0 Å². The summed E-state index contributed by atoms with van der Waals surface area (Å²) in [5, 5.41) is 0. The van der Waals surface area contributed by atoms with Crippen LogP contribution in [0.3, 0.4) is 0 Å². The number of aliphatic imine (C=N–C) groups is 2. The second-order valence-electron chi connectivity index (χ2n) is 2.82. The Morgan fingerprint density at radius 2 is 2.00 bits per heavy atom. The van der Waals surface area contributed by atoms with Crippen LogP contribution in [0.4, 0.5) is 0 Å². The van der Waals surface area contributed by atoms with Crippen LogP contribution >= 0.6 is 0 Å². The van der Waals surface area contributed by atoms with Gasteiger partial charge in [-0.3, -0.25) is 4.99 Å². The van der Waals surface area contributed by atoms with E-state index in [4.69, 9.17) is 0 Å². The van der Waals surface area contributed by atoms with Gasteiger partial charge in [-0.25, -0.2) is 4.99 Å². The van der Waals surface area contributed by atoms with Gasteiger partial charge in [0.2, 0.25) is 0 Å². The third kappa shape index (κ3) is 1.59. The number of rotatable bonds is 2. The molecule has 1 heterocycles. The van der Waals surface area contributed by atoms with Gasteiger partial charge in [0, 0.05) is 6.21 Å². The molecule has 0 aromatic heterocycles. The van der Waals surface area contributed by atoms with Crippen molar-refractivity contribution >= 4 is 12.6 Å². The molecular weight excluding hydrogens is 148 g/mol. The molecule has 60 valence electrons. The predicted molar refractivity (Wildman–Crippen MR) is 50.9 cm³/mol. The Kier molecular flexibility index (Phi) is 1.99. The molecule has 0 spiro atoms. The zero-order valence-electron chi connectivity index (χ0n) is 6.72. The quantitative estimate of drug-likeness (QED) is 0.626. The third-order valence-corrected chi connectivity index (χ3v) is 1.87. The van der Waals surface area contributed by atoms with Gasteiger partial charge in [-0.2, -0.15) is 0 Å². The lowest BCUT2D eigenvalue weighted by Crippen LogP contribution is -2.06. The van der Waals surface area contributed by atoms with Gasteiger partial charge in [0.05, 0.1) is 6.04 Å². The third-order valence-electron chi connectivity index (χ3n) is 1.87. The lowest BCUT2D eigenvalue weighted by molar-refractivity contribution is 0.882. The highest BCUT2D eigenvalue weighted by atomic mass is 14.9. The second kappa shape index (κ2) is 3.30. The van der Waals surface area contributed by atoms with Gasteiger partial charge in [-0.05, 0) is 12.0 Å². The van der Waals surface area contributed by atoms with E-state index in [1.54, 1.807) is 6.34 Å². The Morgan fingerprint density at radius 3 is 2.67 bits per heavy atom. The minimum Gasteiger partial charge on any atom is -0.264 e. The Hall–Kier alpha value is -1.44. The predicted octanol–water partition coefficient (Wildman–Crippen LogP) is 1.71. The molecule has 1 aromatic carbocycles. The molecule has 0 saturated carbocycles. The Balaban J connectivity index is 2.04. The average Bonchev–Trinajstić information content (AvgIpc) is 2.59. The Labute approximate surface area is 71.7 Å². The minimum atomic E-state index is 0.257. The van der Waals surface area contributed by atoms with Gasteiger partial charge in [0.1, 0.15) is 6.34 Å². The molecule has 1 atom stereocenters. The zero-order valence-corrected chi connectivity index (χ0v) is 6.72. The molecule has 0 bridgehead atoms. The van der Waals surface area contributed by atoms with E-state index in [2.05, 4.69) is 22.1 Å². The Bertz CT molecular complexity index is 289. The maximum atomic E-state index is 4.18. The monoisotopic (exact) mass is 158 g/mol. The molecule has 12 heavy (non-hydrogen) atoms. The highest BCUT2D eigenvalue weighted by Gasteiger charge is 2.05. The van der Waals surface area contributed by atoms with E-state index >= 15 is 0 Å². The van der Waals surface area contributed by atoms with E-state index in [9.17, 15) is 0 Å². The lowest BCUT2D eigenvalue weighted by atomic mass is 10.1. The summed E-state index contributed by atoms with van der Waals surface area (Å²) in [4.78, 5) is 8.13. The van der Waals surface area contributed by atoms with Crippen LogP contribution in [0.2, 0.25) is 0 Å². The van der Waals surface area contributed by atoms with E-state index in [1.807, 2.05) is 24.4 Å². The van der Waals surface area contributed by atoms with Crippen LogP contribution in [-0.4, -0.2) is 18.6 Å². The molecular formula is C10H10N2. The van der Waals surface area contributed by atoms with Crippen molar-refractivity contribution in [3.05, 3.63) is 35.9 Å². The van der Waals surface area contributed by atoms with Gasteiger partial charge in [-0.15, -0.1) is 0 Å². The fourth-order valence-electron chi connectivity index (χ4n) is 1.26. The first-order valence-electron chi connectivity index (χ1n) is 4.04. The highest BCUT2D eigenvalue weighted by Crippen LogP contribution is 2.05. The first-order chi connectivity index (χ1) is 5.95. The molecule has 2 heteroatoms. The lowest BCUT2D eigenvalue weighted by Gasteiger charge is -2.02. The molecule has 0 N–H and O–H groups in total. The fourth-order valence-corrected chi connectivity index (χ4v) is 1.26. The van der Waals surface area contributed by atoms with Crippen LogP contribution < -0.4 is 0 Å². The van der Waals surface area contributed by atoms with Crippen molar-refractivity contribution in [2.24, 2.45) is 9.98 Å². The SMILES string of the molecule is C1=NC=NC1Cc1ccccc1. The maximum Gasteiger partial charge on any atom is 0.110 e. The van der Waals surface area contributed by atoms with Crippen LogP contribution in [-0.2, 0) is 6.42 Å². The van der Waals surface area contributed by atoms with Crippen LogP contribution in [0.15, 0.2) is 40.3 Å². The van der Waals surface area contributed by atoms with Crippen LogP contribution in [0, 0.1) is 0 Å². The van der Waals surface area contributed by atoms with Crippen molar-refractivity contribution in [2.45, 2.75) is 12.5 Å². The van der Waals surface area contributed by atoms with Crippen LogP contribution in [0.1, 0.15) is 5.56 Å². The molecule has 0 aliphatic carbocycles. The summed E-state index contributed by atoms with van der Waals surface area (Å²) in [6.07, 6.45) is 4.46. The molecule has 2 rings (SSSR count). The highest BCUT2D eigenvalue weighted by molar-refractivity contribution is 5.82. The first-order valence-corrected chi connectivity index (χ1v) is 4.04. The van der Waals surface area contributed by atoms with Gasteiger partial charge >= 0.3 is 0 Å². The van der Waals surface area contributed by atoms with E-state index in [1.165, 1.54) is 5.56 Å². The molecule has 1 aliphatic heterocycles. The van der Waals surface area contributed by atoms with Crippen LogP contribution in [0.5, 0.6) is 0 Å². The summed E-state index contributed by atoms with van der Waals surface area (Å²) >= 11 is 0.